The zero-order valence-corrected chi connectivity index (χ0v) is 11.6. The Labute approximate surface area is 109 Å². The Kier molecular flexibility index (Phi) is 4.27. The third-order valence-electron chi connectivity index (χ3n) is 4.18. The van der Waals surface area contributed by atoms with E-state index in [1.165, 1.54) is 12.8 Å². The number of carbonyl (C=O) groups excluding carboxylic acids is 1. The van der Waals surface area contributed by atoms with Gasteiger partial charge in [0.15, 0.2) is 9.84 Å². The van der Waals surface area contributed by atoms with Gasteiger partial charge in [0.05, 0.1) is 11.8 Å². The van der Waals surface area contributed by atoms with Crippen LogP contribution in [0.25, 0.3) is 0 Å². The lowest BCUT2D eigenvalue weighted by molar-refractivity contribution is -0.123. The minimum Gasteiger partial charge on any atom is -0.354 e. The summed E-state index contributed by atoms with van der Waals surface area (Å²) in [6.45, 7) is 2.78. The van der Waals surface area contributed by atoms with Crippen LogP contribution >= 0.6 is 0 Å². The molecule has 1 amide bonds. The van der Waals surface area contributed by atoms with Crippen LogP contribution in [0.15, 0.2) is 0 Å². The lowest BCUT2D eigenvalue weighted by Crippen LogP contribution is -2.45. The highest BCUT2D eigenvalue weighted by atomic mass is 32.2. The van der Waals surface area contributed by atoms with E-state index in [1.54, 1.807) is 6.92 Å². The number of hydrogen-bond donors (Lipinski definition) is 2. The van der Waals surface area contributed by atoms with Crippen LogP contribution in [0.3, 0.4) is 0 Å². The molecule has 5 nitrogen and oxygen atoms in total. The average Bonchev–Trinajstić information content (AvgIpc) is 2.90. The molecule has 1 saturated heterocycles. The predicted octanol–water partition coefficient (Wildman–Crippen LogP) is -0.0746. The zero-order valence-electron chi connectivity index (χ0n) is 10.8. The molecule has 0 spiro atoms. The maximum Gasteiger partial charge on any atom is 0.237 e. The fourth-order valence-electron chi connectivity index (χ4n) is 3.06. The van der Waals surface area contributed by atoms with Crippen molar-refractivity contribution in [2.24, 2.45) is 11.8 Å². The molecule has 104 valence electrons. The first-order chi connectivity index (χ1) is 8.53. The Morgan fingerprint density at radius 3 is 2.89 bits per heavy atom. The maximum absolute atomic E-state index is 12.0. The topological polar surface area (TPSA) is 75.3 Å². The second-order valence-electron chi connectivity index (χ2n) is 5.27. The van der Waals surface area contributed by atoms with Crippen LogP contribution < -0.4 is 10.6 Å². The van der Waals surface area contributed by atoms with Crippen molar-refractivity contribution >= 4 is 15.7 Å². The molecule has 0 aromatic heterocycles. The highest BCUT2D eigenvalue weighted by Crippen LogP contribution is 2.37. The number of hydrogen-bond acceptors (Lipinski definition) is 4. The molecule has 18 heavy (non-hydrogen) atoms. The van der Waals surface area contributed by atoms with Gasteiger partial charge in [0.2, 0.25) is 5.91 Å². The van der Waals surface area contributed by atoms with Crippen molar-refractivity contribution in [3.05, 3.63) is 0 Å². The lowest BCUT2D eigenvalue weighted by Gasteiger charge is -2.17. The molecule has 1 aliphatic carbocycles. The molecule has 2 aliphatic rings. The highest BCUT2D eigenvalue weighted by molar-refractivity contribution is 7.91. The van der Waals surface area contributed by atoms with Crippen LogP contribution in [0, 0.1) is 11.8 Å². The van der Waals surface area contributed by atoms with Gasteiger partial charge >= 0.3 is 0 Å². The van der Waals surface area contributed by atoms with Crippen molar-refractivity contribution < 1.29 is 13.2 Å². The number of nitrogens with one attached hydrogen (secondary N) is 2. The van der Waals surface area contributed by atoms with Crippen LogP contribution in [0.2, 0.25) is 0 Å². The van der Waals surface area contributed by atoms with E-state index in [0.717, 1.165) is 13.0 Å². The van der Waals surface area contributed by atoms with Gasteiger partial charge in [-0.25, -0.2) is 8.42 Å². The van der Waals surface area contributed by atoms with Crippen LogP contribution in [0.5, 0.6) is 0 Å². The molecular weight excluding hydrogens is 252 g/mol. The van der Waals surface area contributed by atoms with E-state index >= 15 is 0 Å². The first-order valence-electron chi connectivity index (χ1n) is 6.75. The summed E-state index contributed by atoms with van der Waals surface area (Å²) in [6.07, 6.45) is 3.54. The number of amides is 1. The molecule has 0 radical (unpaired) electrons. The minimum absolute atomic E-state index is 0.0318. The van der Waals surface area contributed by atoms with Crippen molar-refractivity contribution in [2.75, 3.05) is 24.6 Å². The summed E-state index contributed by atoms with van der Waals surface area (Å²) >= 11 is 0. The average molecular weight is 274 g/mol. The van der Waals surface area contributed by atoms with Gasteiger partial charge in [0.1, 0.15) is 0 Å². The monoisotopic (exact) mass is 274 g/mol. The smallest absolute Gasteiger partial charge is 0.237 e. The first kappa shape index (κ1) is 13.8. The molecule has 1 aliphatic heterocycles. The van der Waals surface area contributed by atoms with Crippen molar-refractivity contribution in [1.82, 2.24) is 10.6 Å². The lowest BCUT2D eigenvalue weighted by atomic mass is 9.94. The molecule has 3 atom stereocenters. The van der Waals surface area contributed by atoms with Crippen LogP contribution in [-0.2, 0) is 14.6 Å². The summed E-state index contributed by atoms with van der Waals surface area (Å²) in [4.78, 5) is 12.0. The summed E-state index contributed by atoms with van der Waals surface area (Å²) in [5.41, 5.74) is 0. The Hall–Kier alpha value is -0.620. The highest BCUT2D eigenvalue weighted by Gasteiger charge is 2.42. The van der Waals surface area contributed by atoms with Gasteiger partial charge in [0, 0.05) is 12.3 Å². The Morgan fingerprint density at radius 2 is 2.17 bits per heavy atom. The van der Waals surface area contributed by atoms with E-state index in [0.29, 0.717) is 11.8 Å². The number of carbonyl (C=O) groups is 1. The summed E-state index contributed by atoms with van der Waals surface area (Å²) in [5, 5.41) is 6.01. The van der Waals surface area contributed by atoms with E-state index < -0.39 is 9.84 Å². The van der Waals surface area contributed by atoms with E-state index in [-0.39, 0.29) is 30.0 Å². The van der Waals surface area contributed by atoms with Gasteiger partial charge < -0.3 is 10.6 Å². The standard InChI is InChI=1S/C12H22N2O3S/c1-2-18(16,17)7-6-13-12(15)11-10-5-3-4-9(10)8-14-11/h9-11,14H,2-8H2,1H3,(H,13,15). The summed E-state index contributed by atoms with van der Waals surface area (Å²) in [5.74, 6) is 1.23. The van der Waals surface area contributed by atoms with Gasteiger partial charge in [-0.15, -0.1) is 0 Å². The Morgan fingerprint density at radius 1 is 1.39 bits per heavy atom. The molecule has 0 bridgehead atoms. The van der Waals surface area contributed by atoms with Crippen molar-refractivity contribution in [3.8, 4) is 0 Å². The van der Waals surface area contributed by atoms with E-state index in [9.17, 15) is 13.2 Å². The molecule has 0 aromatic carbocycles. The molecular formula is C12H22N2O3S. The van der Waals surface area contributed by atoms with Crippen LogP contribution in [0.1, 0.15) is 26.2 Å². The second kappa shape index (κ2) is 5.57. The van der Waals surface area contributed by atoms with Gasteiger partial charge in [-0.05, 0) is 31.2 Å². The Balaban J connectivity index is 1.78. The SMILES string of the molecule is CCS(=O)(=O)CCNC(=O)C1NCC2CCCC21. The third-order valence-corrected chi connectivity index (χ3v) is 5.89. The minimum atomic E-state index is -2.99. The van der Waals surface area contributed by atoms with Gasteiger partial charge in [-0.1, -0.05) is 13.3 Å². The summed E-state index contributed by atoms with van der Waals surface area (Å²) in [7, 11) is -2.99. The van der Waals surface area contributed by atoms with Gasteiger partial charge in [-0.2, -0.15) is 0 Å². The largest absolute Gasteiger partial charge is 0.354 e. The third kappa shape index (κ3) is 3.03. The fraction of sp³-hybridized carbons (Fsp3) is 0.917. The first-order valence-corrected chi connectivity index (χ1v) is 8.57. The molecule has 2 N–H and O–H groups in total. The molecule has 1 saturated carbocycles. The number of fused-ring (bicyclic) bond motifs is 1. The molecule has 3 unspecified atom stereocenters. The van der Waals surface area contributed by atoms with Crippen molar-refractivity contribution in [3.63, 3.8) is 0 Å². The summed E-state index contributed by atoms with van der Waals surface area (Å²) < 4.78 is 22.6. The van der Waals surface area contributed by atoms with Crippen LogP contribution in [0.4, 0.5) is 0 Å². The number of rotatable bonds is 5. The van der Waals surface area contributed by atoms with Crippen LogP contribution in [-0.4, -0.2) is 45.0 Å². The molecule has 0 aromatic rings. The number of sulfone groups is 1. The van der Waals surface area contributed by atoms with Gasteiger partial charge in [-0.3, -0.25) is 4.79 Å². The van der Waals surface area contributed by atoms with Crippen molar-refractivity contribution in [1.29, 1.82) is 0 Å². The second-order valence-corrected chi connectivity index (χ2v) is 7.74. The zero-order chi connectivity index (χ0) is 13.2. The normalized spacial score (nSPS) is 31.3. The fourth-order valence-corrected chi connectivity index (χ4v) is 3.76. The molecule has 2 rings (SSSR count). The van der Waals surface area contributed by atoms with Crippen molar-refractivity contribution in [2.45, 2.75) is 32.2 Å². The maximum atomic E-state index is 12.0. The quantitative estimate of drug-likeness (QED) is 0.735. The predicted molar refractivity (Wildman–Crippen MR) is 70.0 cm³/mol. The van der Waals surface area contributed by atoms with Gasteiger partial charge in [0.25, 0.3) is 0 Å². The summed E-state index contributed by atoms with van der Waals surface area (Å²) in [6, 6.07) is -0.109. The Bertz CT molecular complexity index is 408. The van der Waals surface area contributed by atoms with E-state index in [2.05, 4.69) is 10.6 Å². The molecule has 6 heteroatoms. The van der Waals surface area contributed by atoms with E-state index in [1.807, 2.05) is 0 Å². The van der Waals surface area contributed by atoms with E-state index in [4.69, 9.17) is 0 Å². The molecule has 1 heterocycles. The molecule has 2 fully saturated rings.